The van der Waals surface area contributed by atoms with E-state index in [2.05, 4.69) is 38.1 Å². The van der Waals surface area contributed by atoms with Crippen LogP contribution in [0.4, 0.5) is 26.3 Å². The van der Waals surface area contributed by atoms with Crippen LogP contribution in [-0.4, -0.2) is 74.9 Å². The van der Waals surface area contributed by atoms with Gasteiger partial charge in [-0.05, 0) is 37.0 Å². The summed E-state index contributed by atoms with van der Waals surface area (Å²) in [6.07, 6.45) is -5.95. The summed E-state index contributed by atoms with van der Waals surface area (Å²) in [5.41, 5.74) is 3.05. The lowest BCUT2D eigenvalue weighted by atomic mass is 9.96. The van der Waals surface area contributed by atoms with E-state index in [4.69, 9.17) is 19.8 Å². The van der Waals surface area contributed by atoms with E-state index in [0.29, 0.717) is 12.5 Å². The van der Waals surface area contributed by atoms with Crippen molar-refractivity contribution < 1.29 is 55.7 Å². The summed E-state index contributed by atoms with van der Waals surface area (Å²) in [7, 11) is 0. The molecular formula is C26H27F6N5O6. The number of nitrogens with zero attached hydrogens (tertiary/aromatic N) is 1. The molecule has 3 aromatic rings. The van der Waals surface area contributed by atoms with Gasteiger partial charge in [-0.15, -0.1) is 0 Å². The Morgan fingerprint density at radius 3 is 2.12 bits per heavy atom. The molecule has 2 amide bonds. The van der Waals surface area contributed by atoms with Crippen LogP contribution < -0.4 is 16.0 Å². The normalized spacial score (nSPS) is 17.0. The largest absolute Gasteiger partial charge is 0.490 e. The number of hydrogen-bond donors (Lipinski definition) is 6. The van der Waals surface area contributed by atoms with Crippen LogP contribution in [0.5, 0.6) is 0 Å². The number of pyridine rings is 1. The molecule has 1 aromatic carbocycles. The number of aliphatic carboxylic acids is 2. The van der Waals surface area contributed by atoms with Crippen molar-refractivity contribution in [3.63, 3.8) is 0 Å². The van der Waals surface area contributed by atoms with Crippen LogP contribution in [0.2, 0.25) is 0 Å². The fourth-order valence-electron chi connectivity index (χ4n) is 3.76. The molecule has 0 bridgehead atoms. The summed E-state index contributed by atoms with van der Waals surface area (Å²) in [6.45, 7) is 2.83. The van der Waals surface area contributed by atoms with Crippen molar-refractivity contribution in [3.05, 3.63) is 66.1 Å². The van der Waals surface area contributed by atoms with Gasteiger partial charge in [-0.25, -0.2) is 9.59 Å². The highest BCUT2D eigenvalue weighted by atomic mass is 19.4. The highest BCUT2D eigenvalue weighted by Crippen LogP contribution is 2.25. The first-order chi connectivity index (χ1) is 20.0. The van der Waals surface area contributed by atoms with Gasteiger partial charge >= 0.3 is 24.3 Å². The van der Waals surface area contributed by atoms with Crippen LogP contribution in [0.25, 0.3) is 10.9 Å². The zero-order valence-corrected chi connectivity index (χ0v) is 22.3. The summed E-state index contributed by atoms with van der Waals surface area (Å²) >= 11 is 0. The Bertz CT molecular complexity index is 1340. The molecule has 4 rings (SSSR count). The maximum Gasteiger partial charge on any atom is 0.490 e. The maximum atomic E-state index is 12.6. The topological polar surface area (TPSA) is 174 Å². The minimum Gasteiger partial charge on any atom is -0.475 e. The van der Waals surface area contributed by atoms with Gasteiger partial charge in [0, 0.05) is 23.8 Å². The van der Waals surface area contributed by atoms with E-state index >= 15 is 0 Å². The predicted octanol–water partition coefficient (Wildman–Crippen LogP) is 3.10. The second-order valence-corrected chi connectivity index (χ2v) is 9.12. The lowest BCUT2D eigenvalue weighted by Crippen LogP contribution is -2.49. The van der Waals surface area contributed by atoms with E-state index in [0.717, 1.165) is 29.6 Å². The third kappa shape index (κ3) is 11.3. The molecule has 1 fully saturated rings. The summed E-state index contributed by atoms with van der Waals surface area (Å²) in [6, 6.07) is 13.2. The molecule has 17 heteroatoms. The Labute approximate surface area is 239 Å². The van der Waals surface area contributed by atoms with Gasteiger partial charge in [0.15, 0.2) is 0 Å². The summed E-state index contributed by atoms with van der Waals surface area (Å²) in [5.74, 6) is -5.55. The number of hydrogen-bond acceptors (Lipinski definition) is 6. The van der Waals surface area contributed by atoms with Gasteiger partial charge in [-0.3, -0.25) is 14.6 Å². The van der Waals surface area contributed by atoms with Crippen molar-refractivity contribution in [2.75, 3.05) is 6.54 Å². The second-order valence-electron chi connectivity index (χ2n) is 9.12. The highest BCUT2D eigenvalue weighted by Gasteiger charge is 2.39. The maximum absolute atomic E-state index is 12.6. The SMILES string of the molecule is C[C@H](NC(=O)[C@H]1C[C@H](c2ccccc2)CN1)C(=O)NCc1cc2ccncc2[nH]1.O=C(O)C(F)(F)F.O=C(O)C(F)(F)F. The number of carbonyl (C=O) groups excluding carboxylic acids is 2. The van der Waals surface area contributed by atoms with Gasteiger partial charge < -0.3 is 31.1 Å². The molecule has 0 saturated carbocycles. The Hall–Kier alpha value is -4.67. The predicted molar refractivity (Wildman–Crippen MR) is 139 cm³/mol. The summed E-state index contributed by atoms with van der Waals surface area (Å²) in [5, 5.41) is 24.3. The summed E-state index contributed by atoms with van der Waals surface area (Å²) in [4.78, 5) is 50.0. The molecular weight excluding hydrogens is 592 g/mol. The Kier molecular flexibility index (Phi) is 12.0. The van der Waals surface area contributed by atoms with Crippen LogP contribution in [0.3, 0.4) is 0 Å². The number of H-pyrrole nitrogens is 1. The first-order valence-electron chi connectivity index (χ1n) is 12.4. The van der Waals surface area contributed by atoms with Crippen molar-refractivity contribution in [3.8, 4) is 0 Å². The van der Waals surface area contributed by atoms with Crippen molar-refractivity contribution in [1.82, 2.24) is 25.9 Å². The number of halogens is 6. The molecule has 234 valence electrons. The molecule has 11 nitrogen and oxygen atoms in total. The number of alkyl halides is 6. The number of rotatable bonds is 6. The molecule has 1 saturated heterocycles. The Morgan fingerprint density at radius 2 is 1.58 bits per heavy atom. The van der Waals surface area contributed by atoms with Gasteiger partial charge in [-0.1, -0.05) is 30.3 Å². The number of carboxylic acids is 2. The number of aromatic nitrogens is 2. The lowest BCUT2D eigenvalue weighted by Gasteiger charge is -2.17. The van der Waals surface area contributed by atoms with Gasteiger partial charge in [0.2, 0.25) is 11.8 Å². The number of benzene rings is 1. The fraction of sp³-hybridized carbons (Fsp3) is 0.346. The molecule has 0 unspecified atom stereocenters. The Balaban J connectivity index is 0.000000384. The zero-order valence-electron chi connectivity index (χ0n) is 22.3. The van der Waals surface area contributed by atoms with E-state index in [1.165, 1.54) is 5.56 Å². The number of fused-ring (bicyclic) bond motifs is 1. The van der Waals surface area contributed by atoms with E-state index in [1.54, 1.807) is 19.3 Å². The van der Waals surface area contributed by atoms with Crippen LogP contribution in [0, 0.1) is 0 Å². The average molecular weight is 620 g/mol. The quantitative estimate of drug-likeness (QED) is 0.228. The number of aromatic amines is 1. The molecule has 0 aliphatic carbocycles. The average Bonchev–Trinajstić information content (AvgIpc) is 3.59. The van der Waals surface area contributed by atoms with E-state index in [9.17, 15) is 35.9 Å². The van der Waals surface area contributed by atoms with Crippen molar-refractivity contribution in [2.45, 2.75) is 50.2 Å². The lowest BCUT2D eigenvalue weighted by molar-refractivity contribution is -0.193. The fourth-order valence-corrected chi connectivity index (χ4v) is 3.76. The minimum atomic E-state index is -5.08. The first-order valence-corrected chi connectivity index (χ1v) is 12.4. The van der Waals surface area contributed by atoms with Crippen LogP contribution in [-0.2, 0) is 25.7 Å². The third-order valence-electron chi connectivity index (χ3n) is 5.89. The highest BCUT2D eigenvalue weighted by molar-refractivity contribution is 5.89. The molecule has 1 aliphatic rings. The number of carbonyl (C=O) groups is 4. The van der Waals surface area contributed by atoms with E-state index in [-0.39, 0.29) is 17.9 Å². The zero-order chi connectivity index (χ0) is 32.4. The molecule has 2 aromatic heterocycles. The minimum absolute atomic E-state index is 0.136. The monoisotopic (exact) mass is 619 g/mol. The standard InChI is InChI=1S/C22H25N5O2.2C2HF3O2/c1-14(21(28)25-12-18-9-16-7-8-23-13-20(16)27-18)26-22(29)19-10-17(11-24-19)15-5-3-2-4-6-15;2*3-2(4,5)1(6)7/h2-9,13-14,17,19,24,27H,10-12H2,1H3,(H,25,28)(H,26,29);2*(H,6,7)/t14-,17-,19+;;/m0../s1. The molecule has 3 atom stereocenters. The molecule has 3 heterocycles. The molecule has 0 radical (unpaired) electrons. The molecule has 1 aliphatic heterocycles. The van der Waals surface area contributed by atoms with Crippen LogP contribution in [0.1, 0.15) is 30.5 Å². The third-order valence-corrected chi connectivity index (χ3v) is 5.89. The Morgan fingerprint density at radius 1 is 1.00 bits per heavy atom. The molecule has 0 spiro atoms. The van der Waals surface area contributed by atoms with Crippen molar-refractivity contribution in [2.24, 2.45) is 0 Å². The second kappa shape index (κ2) is 15.0. The van der Waals surface area contributed by atoms with Gasteiger partial charge in [0.05, 0.1) is 24.3 Å². The van der Waals surface area contributed by atoms with E-state index < -0.39 is 30.3 Å². The number of carboxylic acid groups (broad SMARTS) is 2. The van der Waals surface area contributed by atoms with Crippen LogP contribution in [0.15, 0.2) is 54.9 Å². The van der Waals surface area contributed by atoms with Gasteiger partial charge in [-0.2, -0.15) is 26.3 Å². The van der Waals surface area contributed by atoms with E-state index in [1.807, 2.05) is 30.3 Å². The smallest absolute Gasteiger partial charge is 0.475 e. The van der Waals surface area contributed by atoms with Crippen LogP contribution >= 0.6 is 0 Å². The van der Waals surface area contributed by atoms with Gasteiger partial charge in [0.25, 0.3) is 0 Å². The first kappa shape index (κ1) is 34.5. The van der Waals surface area contributed by atoms with Gasteiger partial charge in [0.1, 0.15) is 6.04 Å². The van der Waals surface area contributed by atoms with Crippen molar-refractivity contribution in [1.29, 1.82) is 0 Å². The number of nitrogens with one attached hydrogen (secondary N) is 4. The molecule has 43 heavy (non-hydrogen) atoms. The molecule has 6 N–H and O–H groups in total. The van der Waals surface area contributed by atoms with Crippen molar-refractivity contribution >= 4 is 34.7 Å². The number of amides is 2. The summed E-state index contributed by atoms with van der Waals surface area (Å²) < 4.78 is 63.5.